The number of aliphatic imine (C=N–C) groups is 1. The van der Waals surface area contributed by atoms with Crippen LogP contribution < -0.4 is 16.0 Å². The van der Waals surface area contributed by atoms with Crippen LogP contribution in [0.25, 0.3) is 5.82 Å². The maximum absolute atomic E-state index is 11.6. The number of halogens is 1. The Kier molecular flexibility index (Phi) is 11.3. The zero-order valence-electron chi connectivity index (χ0n) is 18.9. The van der Waals surface area contributed by atoms with Gasteiger partial charge in [-0.15, -0.1) is 24.0 Å². The number of amides is 1. The first-order valence-electron chi connectivity index (χ1n) is 10.2. The van der Waals surface area contributed by atoms with Crippen LogP contribution in [0.4, 0.5) is 4.79 Å². The van der Waals surface area contributed by atoms with E-state index in [2.05, 4.69) is 30.9 Å². The van der Waals surface area contributed by atoms with Gasteiger partial charge in [0.1, 0.15) is 17.2 Å². The summed E-state index contributed by atoms with van der Waals surface area (Å²) in [6.45, 7) is 12.0. The monoisotopic (exact) mass is 543 g/mol. The third kappa shape index (κ3) is 9.99. The van der Waals surface area contributed by atoms with Gasteiger partial charge in [-0.2, -0.15) is 0 Å². The molecule has 31 heavy (non-hydrogen) atoms. The molecule has 0 saturated heterocycles. The Morgan fingerprint density at radius 3 is 2.48 bits per heavy atom. The largest absolute Gasteiger partial charge is 0.444 e. The number of aryl methyl sites for hydroxylation is 1. The van der Waals surface area contributed by atoms with E-state index in [0.717, 1.165) is 36.1 Å². The van der Waals surface area contributed by atoms with Crippen molar-refractivity contribution in [2.75, 3.05) is 19.6 Å². The fraction of sp³-hybridized carbons (Fsp3) is 0.524. The summed E-state index contributed by atoms with van der Waals surface area (Å²) in [5.74, 6) is 2.46. The molecule has 1 amide bonds. The molecule has 10 heteroatoms. The molecule has 0 aliphatic rings. The number of imidazole rings is 1. The third-order valence-corrected chi connectivity index (χ3v) is 3.96. The van der Waals surface area contributed by atoms with Crippen molar-refractivity contribution in [3.63, 3.8) is 0 Å². The van der Waals surface area contributed by atoms with Gasteiger partial charge in [-0.1, -0.05) is 6.07 Å². The van der Waals surface area contributed by atoms with E-state index >= 15 is 0 Å². The number of guanidine groups is 1. The average Bonchev–Trinajstić information content (AvgIpc) is 3.10. The molecule has 2 rings (SSSR count). The Labute approximate surface area is 201 Å². The first kappa shape index (κ1) is 26.7. The lowest BCUT2D eigenvalue weighted by Crippen LogP contribution is -2.39. The van der Waals surface area contributed by atoms with E-state index in [4.69, 9.17) is 4.74 Å². The molecular formula is C21H34IN7O2. The Balaban J connectivity index is 0.00000480. The highest BCUT2D eigenvalue weighted by atomic mass is 127. The minimum atomic E-state index is -0.488. The van der Waals surface area contributed by atoms with Gasteiger partial charge in [0.15, 0.2) is 5.96 Å². The molecule has 0 unspecified atom stereocenters. The predicted octanol–water partition coefficient (Wildman–Crippen LogP) is 3.16. The molecule has 2 aromatic heterocycles. The fourth-order valence-electron chi connectivity index (χ4n) is 2.58. The second kappa shape index (κ2) is 13.1. The molecule has 172 valence electrons. The van der Waals surface area contributed by atoms with Crippen molar-refractivity contribution in [2.24, 2.45) is 4.99 Å². The van der Waals surface area contributed by atoms with E-state index in [9.17, 15) is 4.79 Å². The Morgan fingerprint density at radius 1 is 1.16 bits per heavy atom. The van der Waals surface area contributed by atoms with Gasteiger partial charge in [0.2, 0.25) is 0 Å². The molecule has 0 atom stereocenters. The number of pyridine rings is 1. The standard InChI is InChI=1S/C21H33N7O2.HI/c1-6-22-19(24-10-7-11-25-20(29)30-21(3,4)5)27-15-17-8-9-18(26-14-17)28-13-12-23-16(28)2;/h8-9,12-14H,6-7,10-11,15H2,1-5H3,(H,25,29)(H2,22,24,27);1H. The van der Waals surface area contributed by atoms with E-state index in [1.54, 1.807) is 6.20 Å². The summed E-state index contributed by atoms with van der Waals surface area (Å²) in [5, 5.41) is 9.23. The van der Waals surface area contributed by atoms with Crippen LogP contribution >= 0.6 is 24.0 Å². The van der Waals surface area contributed by atoms with Gasteiger partial charge in [-0.25, -0.2) is 19.8 Å². The Bertz CT molecular complexity index is 829. The molecule has 0 fully saturated rings. The van der Waals surface area contributed by atoms with Gasteiger partial charge in [0, 0.05) is 38.2 Å². The second-order valence-electron chi connectivity index (χ2n) is 7.77. The zero-order valence-corrected chi connectivity index (χ0v) is 21.3. The molecule has 2 aromatic rings. The SMILES string of the molecule is CCNC(=NCc1ccc(-n2ccnc2C)nc1)NCCCNC(=O)OC(C)(C)C.I. The summed E-state index contributed by atoms with van der Waals surface area (Å²) in [7, 11) is 0. The van der Waals surface area contributed by atoms with Crippen molar-refractivity contribution in [1.82, 2.24) is 30.5 Å². The normalized spacial score (nSPS) is 11.5. The average molecular weight is 543 g/mol. The van der Waals surface area contributed by atoms with Crippen molar-refractivity contribution >= 4 is 36.0 Å². The van der Waals surface area contributed by atoms with Crippen LogP contribution in [-0.2, 0) is 11.3 Å². The van der Waals surface area contributed by atoms with Crippen molar-refractivity contribution in [1.29, 1.82) is 0 Å². The molecule has 0 bridgehead atoms. The number of nitrogens with zero attached hydrogens (tertiary/aromatic N) is 4. The molecule has 9 nitrogen and oxygen atoms in total. The highest BCUT2D eigenvalue weighted by molar-refractivity contribution is 14.0. The summed E-state index contributed by atoms with van der Waals surface area (Å²) in [4.78, 5) is 24.9. The molecule has 2 heterocycles. The third-order valence-electron chi connectivity index (χ3n) is 3.96. The second-order valence-corrected chi connectivity index (χ2v) is 7.77. The number of hydrogen-bond acceptors (Lipinski definition) is 5. The lowest BCUT2D eigenvalue weighted by molar-refractivity contribution is 0.0527. The Hall–Kier alpha value is -2.37. The van der Waals surface area contributed by atoms with Crippen molar-refractivity contribution in [2.45, 2.75) is 53.2 Å². The number of rotatable bonds is 8. The minimum Gasteiger partial charge on any atom is -0.444 e. The highest BCUT2D eigenvalue weighted by Crippen LogP contribution is 2.09. The summed E-state index contributed by atoms with van der Waals surface area (Å²) >= 11 is 0. The van der Waals surface area contributed by atoms with Crippen LogP contribution in [0.3, 0.4) is 0 Å². The first-order valence-corrected chi connectivity index (χ1v) is 10.2. The van der Waals surface area contributed by atoms with Crippen molar-refractivity contribution in [3.8, 4) is 5.82 Å². The lowest BCUT2D eigenvalue weighted by atomic mass is 10.2. The van der Waals surface area contributed by atoms with Gasteiger partial charge in [0.25, 0.3) is 0 Å². The summed E-state index contributed by atoms with van der Waals surface area (Å²) < 4.78 is 7.15. The molecular weight excluding hydrogens is 509 g/mol. The number of carbonyl (C=O) groups excluding carboxylic acids is 1. The van der Waals surface area contributed by atoms with Crippen LogP contribution in [0.2, 0.25) is 0 Å². The molecule has 0 aliphatic heterocycles. The fourth-order valence-corrected chi connectivity index (χ4v) is 2.58. The molecule has 0 aromatic carbocycles. The van der Waals surface area contributed by atoms with Crippen molar-refractivity contribution in [3.05, 3.63) is 42.1 Å². The number of nitrogens with one attached hydrogen (secondary N) is 3. The minimum absolute atomic E-state index is 0. The van der Waals surface area contributed by atoms with E-state index in [1.807, 2.05) is 63.7 Å². The van der Waals surface area contributed by atoms with E-state index in [1.165, 1.54) is 0 Å². The maximum Gasteiger partial charge on any atom is 0.407 e. The van der Waals surface area contributed by atoms with Crippen LogP contribution in [0.1, 0.15) is 45.5 Å². The quantitative estimate of drug-likeness (QED) is 0.205. The number of alkyl carbamates (subject to hydrolysis) is 1. The molecule has 0 aliphatic carbocycles. The molecule has 0 radical (unpaired) electrons. The van der Waals surface area contributed by atoms with Gasteiger partial charge in [-0.3, -0.25) is 4.57 Å². The highest BCUT2D eigenvalue weighted by Gasteiger charge is 2.15. The Morgan fingerprint density at radius 2 is 1.90 bits per heavy atom. The molecule has 3 N–H and O–H groups in total. The number of carbonyl (C=O) groups is 1. The van der Waals surface area contributed by atoms with Gasteiger partial charge in [-0.05, 0) is 52.7 Å². The van der Waals surface area contributed by atoms with Crippen LogP contribution in [0.15, 0.2) is 35.7 Å². The first-order chi connectivity index (χ1) is 14.3. The van der Waals surface area contributed by atoms with Gasteiger partial charge >= 0.3 is 6.09 Å². The molecule has 0 saturated carbocycles. The predicted molar refractivity (Wildman–Crippen MR) is 133 cm³/mol. The van der Waals surface area contributed by atoms with Gasteiger partial charge in [0.05, 0.1) is 6.54 Å². The van der Waals surface area contributed by atoms with E-state index in [-0.39, 0.29) is 24.0 Å². The molecule has 0 spiro atoms. The number of ether oxygens (including phenoxy) is 1. The van der Waals surface area contributed by atoms with Crippen LogP contribution in [-0.4, -0.2) is 51.8 Å². The smallest absolute Gasteiger partial charge is 0.407 e. The van der Waals surface area contributed by atoms with Gasteiger partial charge < -0.3 is 20.7 Å². The summed E-state index contributed by atoms with van der Waals surface area (Å²) in [6, 6.07) is 3.97. The van der Waals surface area contributed by atoms with Crippen LogP contribution in [0.5, 0.6) is 0 Å². The van der Waals surface area contributed by atoms with Crippen molar-refractivity contribution < 1.29 is 9.53 Å². The summed E-state index contributed by atoms with van der Waals surface area (Å²) in [5.41, 5.74) is 0.526. The summed E-state index contributed by atoms with van der Waals surface area (Å²) in [6.07, 6.45) is 5.83. The lowest BCUT2D eigenvalue weighted by Gasteiger charge is -2.19. The number of aromatic nitrogens is 3. The zero-order chi connectivity index (χ0) is 22.0. The maximum atomic E-state index is 11.6. The number of hydrogen-bond donors (Lipinski definition) is 3. The van der Waals surface area contributed by atoms with E-state index in [0.29, 0.717) is 19.6 Å². The van der Waals surface area contributed by atoms with Crippen LogP contribution in [0, 0.1) is 6.92 Å². The topological polar surface area (TPSA) is 105 Å². The van der Waals surface area contributed by atoms with E-state index < -0.39 is 11.7 Å².